The first-order valence-corrected chi connectivity index (χ1v) is 25.4. The van der Waals surface area contributed by atoms with Gasteiger partial charge < -0.3 is 52.9 Å². The summed E-state index contributed by atoms with van der Waals surface area (Å²) in [5.74, 6) is 0.253. The van der Waals surface area contributed by atoms with Gasteiger partial charge in [0.2, 0.25) is 18.9 Å². The smallest absolute Gasteiger partial charge is 0.410 e. The Labute approximate surface area is 421 Å². The largest absolute Gasteiger partial charge is 0.459 e. The van der Waals surface area contributed by atoms with Gasteiger partial charge in [-0.3, -0.25) is 9.69 Å². The molecule has 1 amide bonds. The number of rotatable bonds is 24. The Bertz CT molecular complexity index is 2530. The second kappa shape index (κ2) is 24.5. The number of amides is 1. The van der Waals surface area contributed by atoms with Crippen LogP contribution in [0.25, 0.3) is 0 Å². The quantitative estimate of drug-likeness (QED) is 0.0294. The van der Waals surface area contributed by atoms with Gasteiger partial charge in [0.25, 0.3) is 0 Å². The van der Waals surface area contributed by atoms with E-state index in [0.29, 0.717) is 72.5 Å². The molecule has 0 aromatic heterocycles. The molecular formula is C57H66N2O13. The Balaban J connectivity index is 1.19. The molecule has 0 bridgehead atoms. The van der Waals surface area contributed by atoms with Gasteiger partial charge in [0.15, 0.2) is 11.5 Å². The lowest BCUT2D eigenvalue weighted by Crippen LogP contribution is -2.70. The molecule has 7 atom stereocenters. The Hall–Kier alpha value is -6.23. The summed E-state index contributed by atoms with van der Waals surface area (Å²) < 4.78 is 50.9. The molecular weight excluding hydrogens is 921 g/mol. The minimum atomic E-state index is -1.57. The molecule has 0 radical (unpaired) electrons. The lowest BCUT2D eigenvalue weighted by atomic mass is 9.55. The maximum Gasteiger partial charge on any atom is 0.410 e. The Morgan fingerprint density at radius 1 is 0.861 bits per heavy atom. The topological polar surface area (TPSA) is 173 Å². The number of unbranched alkanes of at least 4 members (excludes halogenated alkanes) is 2. The van der Waals surface area contributed by atoms with Gasteiger partial charge in [-0.25, -0.2) is 4.79 Å². The number of oxime groups is 1. The predicted molar refractivity (Wildman–Crippen MR) is 267 cm³/mol. The Morgan fingerprint density at radius 2 is 1.68 bits per heavy atom. The molecule has 2 N–H and O–H groups in total. The van der Waals surface area contributed by atoms with E-state index < -0.39 is 30.1 Å². The molecule has 72 heavy (non-hydrogen) atoms. The van der Waals surface area contributed by atoms with E-state index in [4.69, 9.17) is 47.9 Å². The highest BCUT2D eigenvalue weighted by Crippen LogP contribution is 2.62. The molecule has 1 saturated heterocycles. The minimum Gasteiger partial charge on any atom is -0.459 e. The van der Waals surface area contributed by atoms with E-state index in [2.05, 4.69) is 12.7 Å². The standard InChI is InChI=1S/C57H66N2O13/c1-2-26-69-57-52(59(35-40-20-22-50-51(31-40)68-38-67-50)56(63)66-29-28-64-37-39-13-4-3-5-14-39)34-48(58-72-53-19-8-11-27-65-53)46-32-42(16-6-9-24-60)45(18-7-10-25-61)54(55(46)57)47-33-44(21-23-49(47)71-57)70-43-17-12-15-41(30-43)36-62/h2-5,12-15,17,20-23,30-33,36,42,45,52-55,60-61H,1,6-11,16,18-19,24-29,34-35,37-38H2/t42-,45+,52-,53?,54+,55+,57+/m0/s1. The fourth-order valence-corrected chi connectivity index (χ4v) is 11.0. The molecule has 1 unspecified atom stereocenters. The van der Waals surface area contributed by atoms with Crippen molar-refractivity contribution < 1.29 is 62.5 Å². The fraction of sp³-hybridized carbons (Fsp3) is 0.456. The van der Waals surface area contributed by atoms with Crippen LogP contribution in [0.15, 0.2) is 120 Å². The van der Waals surface area contributed by atoms with Crippen LogP contribution in [0.2, 0.25) is 0 Å². The summed E-state index contributed by atoms with van der Waals surface area (Å²) in [6, 6.07) is 27.3. The molecule has 3 heterocycles. The zero-order valence-electron chi connectivity index (χ0n) is 40.8. The van der Waals surface area contributed by atoms with Crippen molar-refractivity contribution in [2.45, 2.75) is 101 Å². The third-order valence-corrected chi connectivity index (χ3v) is 14.3. The molecule has 4 aromatic rings. The molecule has 1 saturated carbocycles. The van der Waals surface area contributed by atoms with E-state index in [1.165, 1.54) is 0 Å². The zero-order chi connectivity index (χ0) is 49.7. The van der Waals surface area contributed by atoms with Gasteiger partial charge in [0.05, 0.1) is 38.1 Å². The number of carbonyl (C=O) groups excluding carboxylic acids is 2. The van der Waals surface area contributed by atoms with Crippen molar-refractivity contribution in [2.24, 2.45) is 22.9 Å². The maximum absolute atomic E-state index is 15.2. The van der Waals surface area contributed by atoms with Crippen LogP contribution in [0, 0.1) is 17.8 Å². The molecule has 3 aliphatic heterocycles. The summed E-state index contributed by atoms with van der Waals surface area (Å²) in [5, 5.41) is 25.1. The van der Waals surface area contributed by atoms with Crippen LogP contribution in [-0.2, 0) is 36.9 Å². The second-order valence-corrected chi connectivity index (χ2v) is 18.9. The summed E-state index contributed by atoms with van der Waals surface area (Å²) in [4.78, 5) is 35.0. The molecule has 2 fully saturated rings. The van der Waals surface area contributed by atoms with E-state index in [0.717, 1.165) is 67.1 Å². The van der Waals surface area contributed by atoms with Crippen molar-refractivity contribution in [1.29, 1.82) is 0 Å². The first kappa shape index (κ1) is 50.7. The van der Waals surface area contributed by atoms with Crippen LogP contribution in [0.4, 0.5) is 4.79 Å². The van der Waals surface area contributed by atoms with E-state index in [1.807, 2.05) is 66.7 Å². The third kappa shape index (κ3) is 11.7. The summed E-state index contributed by atoms with van der Waals surface area (Å²) >= 11 is 0. The first-order chi connectivity index (χ1) is 35.4. The molecule has 4 aromatic carbocycles. The summed E-state index contributed by atoms with van der Waals surface area (Å²) in [5.41, 5.74) is 4.63. The van der Waals surface area contributed by atoms with Crippen molar-refractivity contribution in [1.82, 2.24) is 4.90 Å². The van der Waals surface area contributed by atoms with Gasteiger partial charge in [0, 0.05) is 49.6 Å². The van der Waals surface area contributed by atoms with Crippen molar-refractivity contribution in [3.05, 3.63) is 138 Å². The van der Waals surface area contributed by atoms with E-state index in [-0.39, 0.29) is 70.5 Å². The van der Waals surface area contributed by atoms with Crippen LogP contribution < -0.4 is 18.9 Å². The minimum absolute atomic E-state index is 0.00154. The number of benzene rings is 4. The molecule has 15 heteroatoms. The molecule has 2 aliphatic carbocycles. The Kier molecular flexibility index (Phi) is 17.2. The van der Waals surface area contributed by atoms with Gasteiger partial charge in [-0.1, -0.05) is 78.7 Å². The number of ether oxygens (including phenoxy) is 8. The summed E-state index contributed by atoms with van der Waals surface area (Å²) in [6.07, 6.45) is 10.6. The number of aliphatic hydroxyl groups excluding tert-OH is 2. The number of hydrogen-bond donors (Lipinski definition) is 2. The van der Waals surface area contributed by atoms with E-state index in [9.17, 15) is 15.0 Å². The average molecular weight is 987 g/mol. The highest BCUT2D eigenvalue weighted by molar-refractivity contribution is 6.03. The number of aliphatic hydroxyl groups is 2. The van der Waals surface area contributed by atoms with Crippen molar-refractivity contribution in [2.75, 3.05) is 46.4 Å². The summed E-state index contributed by atoms with van der Waals surface area (Å²) in [7, 11) is 0. The van der Waals surface area contributed by atoms with Gasteiger partial charge in [0.1, 0.15) is 36.2 Å². The van der Waals surface area contributed by atoms with Gasteiger partial charge in [-0.05, 0) is 110 Å². The zero-order valence-corrected chi connectivity index (χ0v) is 40.8. The lowest BCUT2D eigenvalue weighted by Gasteiger charge is -2.59. The SMILES string of the molecule is C=CCO[C@@]12Oc3ccc(Oc4cccc(C=O)c4)cc3[C@H]3[C@H](CCCCO)[C@@H](CCCCO)C=C(C(=NOC4CCCCO4)C[C@@H]1N(Cc1ccc4c(c1)OCO4)C(=O)OCCOCc1ccccc1)[C@H]32. The Morgan fingerprint density at radius 3 is 2.49 bits per heavy atom. The van der Waals surface area contributed by atoms with Crippen LogP contribution >= 0.6 is 0 Å². The van der Waals surface area contributed by atoms with E-state index >= 15 is 4.79 Å². The maximum atomic E-state index is 15.2. The van der Waals surface area contributed by atoms with Crippen LogP contribution in [0.1, 0.15) is 97.2 Å². The number of hydrogen-bond acceptors (Lipinski definition) is 14. The van der Waals surface area contributed by atoms with Crippen LogP contribution in [0.3, 0.4) is 0 Å². The van der Waals surface area contributed by atoms with Crippen molar-refractivity contribution in [3.63, 3.8) is 0 Å². The predicted octanol–water partition coefficient (Wildman–Crippen LogP) is 10.0. The number of fused-ring (bicyclic) bond motifs is 3. The second-order valence-electron chi connectivity index (χ2n) is 18.9. The summed E-state index contributed by atoms with van der Waals surface area (Å²) in [6.45, 7) is 5.47. The fourth-order valence-electron chi connectivity index (χ4n) is 11.0. The number of allylic oxidation sites excluding steroid dienone is 1. The molecule has 0 spiro atoms. The number of carbonyl (C=O) groups is 2. The average Bonchev–Trinajstić information content (AvgIpc) is 3.89. The van der Waals surface area contributed by atoms with E-state index in [1.54, 1.807) is 35.2 Å². The van der Waals surface area contributed by atoms with Crippen molar-refractivity contribution in [3.8, 4) is 28.7 Å². The van der Waals surface area contributed by atoms with Gasteiger partial charge in [-0.15, -0.1) is 6.58 Å². The van der Waals surface area contributed by atoms with Crippen molar-refractivity contribution >= 4 is 18.1 Å². The number of aldehydes is 1. The number of nitrogens with zero attached hydrogens (tertiary/aromatic N) is 2. The normalized spacial score (nSPS) is 24.2. The molecule has 382 valence electrons. The highest BCUT2D eigenvalue weighted by atomic mass is 16.8. The molecule has 5 aliphatic rings. The lowest BCUT2D eigenvalue weighted by molar-refractivity contribution is -0.256. The highest BCUT2D eigenvalue weighted by Gasteiger charge is 2.66. The monoisotopic (exact) mass is 986 g/mol. The molecule has 9 rings (SSSR count). The van der Waals surface area contributed by atoms with Gasteiger partial charge in [-0.2, -0.15) is 0 Å². The third-order valence-electron chi connectivity index (χ3n) is 14.3. The molecule has 15 nitrogen and oxygen atoms in total. The first-order valence-electron chi connectivity index (χ1n) is 25.4. The van der Waals surface area contributed by atoms with Gasteiger partial charge >= 0.3 is 6.09 Å². The van der Waals surface area contributed by atoms with Crippen LogP contribution in [0.5, 0.6) is 28.7 Å². The van der Waals surface area contributed by atoms with Crippen LogP contribution in [-0.4, -0.2) is 97.8 Å².